The Balaban J connectivity index is 1.83. The van der Waals surface area contributed by atoms with Crippen molar-refractivity contribution in [2.45, 2.75) is 19.8 Å². The Morgan fingerprint density at radius 3 is 2.81 bits per heavy atom. The number of esters is 1. The molecule has 3 rings (SSSR count). The third-order valence-corrected chi connectivity index (χ3v) is 4.49. The fourth-order valence-corrected chi connectivity index (χ4v) is 3.23. The number of carbonyl (C=O) groups excluding carboxylic acids is 3. The molecule has 6 heteroatoms. The highest BCUT2D eigenvalue weighted by Gasteiger charge is 2.30. The van der Waals surface area contributed by atoms with Crippen molar-refractivity contribution >= 4 is 18.2 Å². The second-order valence-electron chi connectivity index (χ2n) is 6.21. The molecule has 1 aliphatic heterocycles. The van der Waals surface area contributed by atoms with Crippen LogP contribution in [-0.4, -0.2) is 42.8 Å². The summed E-state index contributed by atoms with van der Waals surface area (Å²) in [6.07, 6.45) is 2.11. The van der Waals surface area contributed by atoms with E-state index in [0.29, 0.717) is 42.9 Å². The quantitative estimate of drug-likeness (QED) is 0.608. The first-order chi connectivity index (χ1) is 12.6. The number of ether oxygens (including phenoxy) is 1. The molecule has 0 spiro atoms. The van der Waals surface area contributed by atoms with E-state index in [9.17, 15) is 14.4 Å². The van der Waals surface area contributed by atoms with Gasteiger partial charge in [0, 0.05) is 18.7 Å². The number of amides is 1. The molecule has 0 radical (unpaired) electrons. The van der Waals surface area contributed by atoms with Crippen LogP contribution in [0.15, 0.2) is 40.8 Å². The van der Waals surface area contributed by atoms with Gasteiger partial charge in [-0.2, -0.15) is 0 Å². The Morgan fingerprint density at radius 1 is 1.27 bits per heavy atom. The smallest absolute Gasteiger partial charge is 0.310 e. The van der Waals surface area contributed by atoms with Crippen molar-refractivity contribution in [2.75, 3.05) is 19.7 Å². The summed E-state index contributed by atoms with van der Waals surface area (Å²) in [7, 11) is 0. The number of carbonyl (C=O) groups is 3. The van der Waals surface area contributed by atoms with Crippen LogP contribution in [0.3, 0.4) is 0 Å². The molecule has 0 aliphatic carbocycles. The Kier molecular flexibility index (Phi) is 5.51. The fraction of sp³-hybridized carbons (Fsp3) is 0.350. The van der Waals surface area contributed by atoms with Gasteiger partial charge in [-0.1, -0.05) is 18.2 Å². The first-order valence-corrected chi connectivity index (χ1v) is 8.74. The van der Waals surface area contributed by atoms with Crippen molar-refractivity contribution in [1.82, 2.24) is 4.90 Å². The normalized spacial score (nSPS) is 17.0. The Morgan fingerprint density at radius 2 is 2.08 bits per heavy atom. The topological polar surface area (TPSA) is 76.8 Å². The summed E-state index contributed by atoms with van der Waals surface area (Å²) in [5.74, 6) is -0.0127. The van der Waals surface area contributed by atoms with Crippen LogP contribution < -0.4 is 0 Å². The number of hydrogen-bond acceptors (Lipinski definition) is 5. The minimum absolute atomic E-state index is 0.154. The molecule has 0 N–H and O–H groups in total. The number of rotatable bonds is 5. The summed E-state index contributed by atoms with van der Waals surface area (Å²) in [4.78, 5) is 37.6. The SMILES string of the molecule is CCOC(=O)C1CCCN(C(=O)c2ccccc2-c2ccc(C=O)o2)C1. The lowest BCUT2D eigenvalue weighted by atomic mass is 9.96. The number of aldehydes is 1. The van der Waals surface area contributed by atoms with E-state index in [1.54, 1.807) is 42.2 Å². The van der Waals surface area contributed by atoms with Gasteiger partial charge in [-0.25, -0.2) is 0 Å². The lowest BCUT2D eigenvalue weighted by molar-refractivity contribution is -0.149. The predicted octanol–water partition coefficient (Wildman–Crippen LogP) is 3.17. The molecule has 1 aromatic carbocycles. The van der Waals surface area contributed by atoms with Gasteiger partial charge in [0.25, 0.3) is 5.91 Å². The van der Waals surface area contributed by atoms with E-state index < -0.39 is 0 Å². The van der Waals surface area contributed by atoms with Crippen LogP contribution in [0.4, 0.5) is 0 Å². The molecule has 136 valence electrons. The van der Waals surface area contributed by atoms with Gasteiger partial charge in [0.05, 0.1) is 18.1 Å². The largest absolute Gasteiger partial charge is 0.466 e. The predicted molar refractivity (Wildman–Crippen MR) is 94.8 cm³/mol. The van der Waals surface area contributed by atoms with Crippen LogP contribution in [0.1, 0.15) is 40.7 Å². The Bertz CT molecular complexity index is 810. The number of piperidine rings is 1. The summed E-state index contributed by atoms with van der Waals surface area (Å²) in [5.41, 5.74) is 1.12. The Hall–Kier alpha value is -2.89. The molecular weight excluding hydrogens is 334 g/mol. The number of furan rings is 1. The molecule has 1 unspecified atom stereocenters. The van der Waals surface area contributed by atoms with Crippen molar-refractivity contribution in [3.63, 3.8) is 0 Å². The maximum Gasteiger partial charge on any atom is 0.310 e. The molecule has 1 aliphatic rings. The van der Waals surface area contributed by atoms with E-state index in [1.165, 1.54) is 0 Å². The minimum atomic E-state index is -0.287. The molecule has 0 bridgehead atoms. The number of nitrogens with zero attached hydrogens (tertiary/aromatic N) is 1. The van der Waals surface area contributed by atoms with Gasteiger partial charge in [0.15, 0.2) is 12.0 Å². The lowest BCUT2D eigenvalue weighted by Crippen LogP contribution is -2.43. The van der Waals surface area contributed by atoms with Crippen molar-refractivity contribution in [2.24, 2.45) is 5.92 Å². The third-order valence-electron chi connectivity index (χ3n) is 4.49. The van der Waals surface area contributed by atoms with Crippen molar-refractivity contribution in [1.29, 1.82) is 0 Å². The van der Waals surface area contributed by atoms with Gasteiger partial charge in [-0.15, -0.1) is 0 Å². The van der Waals surface area contributed by atoms with Gasteiger partial charge < -0.3 is 14.1 Å². The highest BCUT2D eigenvalue weighted by Crippen LogP contribution is 2.28. The summed E-state index contributed by atoms with van der Waals surface area (Å²) < 4.78 is 10.6. The van der Waals surface area contributed by atoms with Gasteiger partial charge in [0.1, 0.15) is 5.76 Å². The second kappa shape index (κ2) is 7.99. The van der Waals surface area contributed by atoms with Crippen LogP contribution in [0.5, 0.6) is 0 Å². The van der Waals surface area contributed by atoms with E-state index in [4.69, 9.17) is 9.15 Å². The van der Waals surface area contributed by atoms with E-state index in [1.807, 2.05) is 6.07 Å². The van der Waals surface area contributed by atoms with Gasteiger partial charge in [0.2, 0.25) is 0 Å². The molecule has 6 nitrogen and oxygen atoms in total. The molecule has 0 saturated carbocycles. The summed E-state index contributed by atoms with van der Waals surface area (Å²) in [5, 5.41) is 0. The Labute approximate surface area is 151 Å². The highest BCUT2D eigenvalue weighted by atomic mass is 16.5. The van der Waals surface area contributed by atoms with E-state index >= 15 is 0 Å². The summed E-state index contributed by atoms with van der Waals surface area (Å²) in [6, 6.07) is 10.4. The van der Waals surface area contributed by atoms with Gasteiger partial charge in [-0.05, 0) is 38.0 Å². The van der Waals surface area contributed by atoms with Crippen molar-refractivity contribution in [3.05, 3.63) is 47.7 Å². The van der Waals surface area contributed by atoms with E-state index in [0.717, 1.165) is 12.8 Å². The average Bonchev–Trinajstić information content (AvgIpc) is 3.17. The molecule has 26 heavy (non-hydrogen) atoms. The molecule has 1 atom stereocenters. The molecule has 1 amide bonds. The number of hydrogen-bond donors (Lipinski definition) is 0. The monoisotopic (exact) mass is 355 g/mol. The zero-order chi connectivity index (χ0) is 18.5. The maximum atomic E-state index is 13.1. The van der Waals surface area contributed by atoms with E-state index in [2.05, 4.69) is 0 Å². The van der Waals surface area contributed by atoms with Crippen molar-refractivity contribution < 1.29 is 23.5 Å². The average molecular weight is 355 g/mol. The molecule has 2 heterocycles. The molecular formula is C20H21NO5. The van der Waals surface area contributed by atoms with Crippen LogP contribution in [-0.2, 0) is 9.53 Å². The molecule has 2 aromatic rings. The van der Waals surface area contributed by atoms with Crippen LogP contribution in [0.25, 0.3) is 11.3 Å². The van der Waals surface area contributed by atoms with Crippen LogP contribution in [0, 0.1) is 5.92 Å². The number of benzene rings is 1. The van der Waals surface area contributed by atoms with Crippen LogP contribution in [0.2, 0.25) is 0 Å². The second-order valence-corrected chi connectivity index (χ2v) is 6.21. The lowest BCUT2D eigenvalue weighted by Gasteiger charge is -2.32. The third kappa shape index (κ3) is 3.69. The zero-order valence-electron chi connectivity index (χ0n) is 14.6. The molecule has 1 aromatic heterocycles. The van der Waals surface area contributed by atoms with E-state index in [-0.39, 0.29) is 23.6 Å². The maximum absolute atomic E-state index is 13.1. The highest BCUT2D eigenvalue weighted by molar-refractivity contribution is 6.00. The fourth-order valence-electron chi connectivity index (χ4n) is 3.23. The minimum Gasteiger partial charge on any atom is -0.466 e. The molecule has 1 saturated heterocycles. The van der Waals surface area contributed by atoms with Gasteiger partial charge >= 0.3 is 5.97 Å². The van der Waals surface area contributed by atoms with Crippen LogP contribution >= 0.6 is 0 Å². The first-order valence-electron chi connectivity index (χ1n) is 8.74. The van der Waals surface area contributed by atoms with Gasteiger partial charge in [-0.3, -0.25) is 14.4 Å². The molecule has 1 fully saturated rings. The number of likely N-dealkylation sites (tertiary alicyclic amines) is 1. The zero-order valence-corrected chi connectivity index (χ0v) is 14.6. The summed E-state index contributed by atoms with van der Waals surface area (Å²) in [6.45, 7) is 3.06. The first kappa shape index (κ1) is 17.9. The summed E-state index contributed by atoms with van der Waals surface area (Å²) >= 11 is 0. The van der Waals surface area contributed by atoms with Crippen molar-refractivity contribution in [3.8, 4) is 11.3 Å². The standard InChI is InChI=1S/C20H21NO5/c1-2-25-20(24)14-6-5-11-21(12-14)19(23)17-8-4-3-7-16(17)18-10-9-15(13-22)26-18/h3-4,7-10,13-14H,2,5-6,11-12H2,1H3.